The van der Waals surface area contributed by atoms with E-state index >= 15 is 0 Å². The van der Waals surface area contributed by atoms with E-state index in [0.29, 0.717) is 48.6 Å². The summed E-state index contributed by atoms with van der Waals surface area (Å²) in [5.74, 6) is -0.667. The van der Waals surface area contributed by atoms with Gasteiger partial charge in [-0.15, -0.1) is 0 Å². The Labute approximate surface area is 235 Å². The Hall–Kier alpha value is -3.89. The van der Waals surface area contributed by atoms with Crippen LogP contribution in [0.25, 0.3) is 0 Å². The maximum Gasteiger partial charge on any atom is 0.310 e. The zero-order valence-corrected chi connectivity index (χ0v) is 23.7. The molecule has 0 bridgehead atoms. The molecule has 4 rings (SSSR count). The van der Waals surface area contributed by atoms with Gasteiger partial charge in [0.05, 0.1) is 30.9 Å². The van der Waals surface area contributed by atoms with Crippen LogP contribution in [0.1, 0.15) is 48.7 Å². The second-order valence-corrected chi connectivity index (χ2v) is 11.3. The molecule has 10 heteroatoms. The van der Waals surface area contributed by atoms with E-state index in [1.165, 1.54) is 13.2 Å². The number of carbonyl (C=O) groups excluding carboxylic acids is 2. The lowest BCUT2D eigenvalue weighted by atomic mass is 9.97. The summed E-state index contributed by atoms with van der Waals surface area (Å²) in [5.41, 5.74) is 1.90. The van der Waals surface area contributed by atoms with Crippen LogP contribution in [0.2, 0.25) is 0 Å². The fourth-order valence-corrected chi connectivity index (χ4v) is 6.34. The minimum absolute atomic E-state index is 0.0117. The predicted molar refractivity (Wildman–Crippen MR) is 154 cm³/mol. The summed E-state index contributed by atoms with van der Waals surface area (Å²) in [7, 11) is -2.58. The number of piperidine rings is 1. The number of hydrogen-bond donors (Lipinski definition) is 2. The number of amides is 1. The molecule has 2 atom stereocenters. The highest BCUT2D eigenvalue weighted by Crippen LogP contribution is 2.33. The Morgan fingerprint density at radius 3 is 2.50 bits per heavy atom. The molecule has 40 heavy (non-hydrogen) atoms. The van der Waals surface area contributed by atoms with Gasteiger partial charge < -0.3 is 19.7 Å². The number of nitrogens with zero attached hydrogens (tertiary/aromatic N) is 1. The minimum Gasteiger partial charge on any atom is -0.496 e. The first-order valence-corrected chi connectivity index (χ1v) is 14.8. The summed E-state index contributed by atoms with van der Waals surface area (Å²) >= 11 is 0. The lowest BCUT2D eigenvalue weighted by Gasteiger charge is -2.34. The number of carbonyl (C=O) groups is 2. The van der Waals surface area contributed by atoms with Crippen LogP contribution in [-0.2, 0) is 19.6 Å². The molecule has 0 unspecified atom stereocenters. The average Bonchev–Trinajstić information content (AvgIpc) is 2.97. The smallest absolute Gasteiger partial charge is 0.310 e. The van der Waals surface area contributed by atoms with Crippen LogP contribution in [0.3, 0.4) is 0 Å². The van der Waals surface area contributed by atoms with Crippen molar-refractivity contribution in [1.29, 1.82) is 0 Å². The summed E-state index contributed by atoms with van der Waals surface area (Å²) < 4.78 is 41.0. The van der Waals surface area contributed by atoms with E-state index in [1.807, 2.05) is 35.2 Å². The molecule has 0 saturated carbocycles. The number of benzene rings is 3. The van der Waals surface area contributed by atoms with Crippen molar-refractivity contribution in [3.63, 3.8) is 0 Å². The topological polar surface area (TPSA) is 114 Å². The molecule has 0 aliphatic carbocycles. The maximum atomic E-state index is 13.8. The van der Waals surface area contributed by atoms with Crippen molar-refractivity contribution in [2.45, 2.75) is 37.6 Å². The Morgan fingerprint density at radius 2 is 1.77 bits per heavy atom. The predicted octanol–water partition coefficient (Wildman–Crippen LogP) is 4.77. The summed E-state index contributed by atoms with van der Waals surface area (Å²) in [6.45, 7) is 4.75. The third-order valence-electron chi connectivity index (χ3n) is 6.87. The lowest BCUT2D eigenvalue weighted by Crippen LogP contribution is -2.40. The molecule has 0 aromatic heterocycles. The fraction of sp³-hybridized carbons (Fsp3) is 0.333. The Balaban J connectivity index is 1.69. The van der Waals surface area contributed by atoms with Gasteiger partial charge in [-0.2, -0.15) is 0 Å². The number of para-hydroxylation sites is 1. The molecular formula is C30H35N3O6S. The van der Waals surface area contributed by atoms with Crippen molar-refractivity contribution in [3.8, 4) is 5.75 Å². The zero-order chi connectivity index (χ0) is 28.7. The van der Waals surface area contributed by atoms with E-state index < -0.39 is 22.0 Å². The molecule has 0 radical (unpaired) electrons. The molecule has 1 amide bonds. The largest absolute Gasteiger partial charge is 0.496 e. The Kier molecular flexibility index (Phi) is 9.44. The highest BCUT2D eigenvalue weighted by Gasteiger charge is 2.31. The summed E-state index contributed by atoms with van der Waals surface area (Å²) in [4.78, 5) is 27.5. The van der Waals surface area contributed by atoms with Gasteiger partial charge in [0.25, 0.3) is 5.91 Å². The van der Waals surface area contributed by atoms with Crippen LogP contribution >= 0.6 is 0 Å². The van der Waals surface area contributed by atoms with Crippen molar-refractivity contribution in [2.75, 3.05) is 37.0 Å². The van der Waals surface area contributed by atoms with Crippen LogP contribution in [0.5, 0.6) is 5.75 Å². The van der Waals surface area contributed by atoms with Gasteiger partial charge in [-0.3, -0.25) is 9.59 Å². The molecule has 2 N–H and O–H groups in total. The lowest BCUT2D eigenvalue weighted by molar-refractivity contribution is -0.148. The Morgan fingerprint density at radius 1 is 1.05 bits per heavy atom. The summed E-state index contributed by atoms with van der Waals surface area (Å²) in [6, 6.07) is 20.4. The quantitative estimate of drug-likeness (QED) is 0.341. The number of esters is 1. The van der Waals surface area contributed by atoms with Crippen molar-refractivity contribution in [1.82, 2.24) is 4.72 Å². The van der Waals surface area contributed by atoms with Gasteiger partial charge in [-0.25, -0.2) is 13.1 Å². The molecule has 1 aliphatic rings. The van der Waals surface area contributed by atoms with Crippen molar-refractivity contribution < 1.29 is 27.5 Å². The van der Waals surface area contributed by atoms with Crippen LogP contribution in [0, 0.1) is 5.92 Å². The number of ether oxygens (including phenoxy) is 2. The van der Waals surface area contributed by atoms with E-state index in [2.05, 4.69) is 10.0 Å². The van der Waals surface area contributed by atoms with Gasteiger partial charge in [0.2, 0.25) is 10.0 Å². The number of nitrogens with one attached hydrogen (secondary N) is 2. The molecule has 1 saturated heterocycles. The minimum atomic E-state index is -4.06. The number of rotatable bonds is 10. The van der Waals surface area contributed by atoms with E-state index in [9.17, 15) is 18.0 Å². The van der Waals surface area contributed by atoms with Gasteiger partial charge in [0.1, 0.15) is 10.6 Å². The van der Waals surface area contributed by atoms with Crippen LogP contribution in [-0.4, -0.2) is 47.1 Å². The van der Waals surface area contributed by atoms with E-state index in [-0.39, 0.29) is 23.4 Å². The molecule has 212 valence electrons. The summed E-state index contributed by atoms with van der Waals surface area (Å²) in [6.07, 6.45) is 1.39. The number of hydrogen-bond acceptors (Lipinski definition) is 7. The molecule has 3 aromatic carbocycles. The van der Waals surface area contributed by atoms with Crippen LogP contribution in [0.15, 0.2) is 77.7 Å². The molecule has 1 aliphatic heterocycles. The Bertz CT molecular complexity index is 1440. The number of methoxy groups -OCH3 is 1. The first-order valence-electron chi connectivity index (χ1n) is 13.3. The summed E-state index contributed by atoms with van der Waals surface area (Å²) in [5, 5.41) is 2.80. The van der Waals surface area contributed by atoms with Gasteiger partial charge in [0, 0.05) is 24.8 Å². The van der Waals surface area contributed by atoms with Gasteiger partial charge >= 0.3 is 5.97 Å². The second-order valence-electron chi connectivity index (χ2n) is 9.63. The number of sulfonamides is 1. The highest BCUT2D eigenvalue weighted by atomic mass is 32.2. The molecule has 0 spiro atoms. The molecule has 9 nitrogen and oxygen atoms in total. The molecular weight excluding hydrogens is 530 g/mol. The zero-order valence-electron chi connectivity index (χ0n) is 22.9. The average molecular weight is 566 g/mol. The maximum absolute atomic E-state index is 13.8. The van der Waals surface area contributed by atoms with Crippen LogP contribution in [0.4, 0.5) is 11.4 Å². The SMILES string of the molecule is CCOC(=O)[C@@H]1CCCN(c2ccc(NC(=O)c3ccccc3OC)cc2S(=O)(=O)N[C@@H](C)c2ccccc2)C1. The standard InChI is InChI=1S/C30H35N3O6S/c1-4-39-30(35)23-13-10-18-33(20-23)26-17-16-24(31-29(34)25-14-8-9-15-27(25)38-3)19-28(26)40(36,37)32-21(2)22-11-6-5-7-12-22/h5-9,11-12,14-17,19,21,23,32H,4,10,13,18,20H2,1-3H3,(H,31,34)/t21-,23+/m0/s1. The van der Waals surface area contributed by atoms with E-state index in [1.54, 1.807) is 50.2 Å². The third-order valence-corrected chi connectivity index (χ3v) is 8.44. The number of anilines is 2. The van der Waals surface area contributed by atoms with Gasteiger partial charge in [-0.1, -0.05) is 42.5 Å². The van der Waals surface area contributed by atoms with Crippen LogP contribution < -0.4 is 19.7 Å². The third kappa shape index (κ3) is 6.81. The fourth-order valence-electron chi connectivity index (χ4n) is 4.85. The van der Waals surface area contributed by atoms with Gasteiger partial charge in [-0.05, 0) is 62.6 Å². The first kappa shape index (κ1) is 29.1. The highest BCUT2D eigenvalue weighted by molar-refractivity contribution is 7.89. The van der Waals surface area contributed by atoms with Crippen molar-refractivity contribution in [3.05, 3.63) is 83.9 Å². The van der Waals surface area contributed by atoms with Crippen molar-refractivity contribution in [2.24, 2.45) is 5.92 Å². The van der Waals surface area contributed by atoms with Gasteiger partial charge in [0.15, 0.2) is 0 Å². The molecule has 3 aromatic rings. The normalized spacial score (nSPS) is 16.2. The second kappa shape index (κ2) is 13.0. The first-order chi connectivity index (χ1) is 19.2. The van der Waals surface area contributed by atoms with Crippen molar-refractivity contribution >= 4 is 33.3 Å². The van der Waals surface area contributed by atoms with E-state index in [4.69, 9.17) is 9.47 Å². The molecule has 1 heterocycles. The monoisotopic (exact) mass is 565 g/mol. The molecule has 1 fully saturated rings. The van der Waals surface area contributed by atoms with E-state index in [0.717, 1.165) is 5.56 Å².